The fraction of sp³-hybridized carbons (Fsp3) is 1.00. The summed E-state index contributed by atoms with van der Waals surface area (Å²) < 4.78 is 0. The normalized spacial score (nSPS) is 12.0. The van der Waals surface area contributed by atoms with Crippen LogP contribution in [0.1, 0.15) is 20.3 Å². The molecule has 8 heavy (non-hydrogen) atoms. The first kappa shape index (κ1) is 7.88. The van der Waals surface area contributed by atoms with E-state index < -0.39 is 5.60 Å². The molecule has 0 radical (unpaired) electrons. The molecule has 0 fully saturated rings. The van der Waals surface area contributed by atoms with Crippen LogP contribution in [-0.2, 0) is 4.84 Å². The highest BCUT2D eigenvalue weighted by Gasteiger charge is 2.10. The van der Waals surface area contributed by atoms with Gasteiger partial charge in [0.1, 0.15) is 0 Å². The maximum atomic E-state index is 9.01. The van der Waals surface area contributed by atoms with Crippen molar-refractivity contribution in [1.82, 2.24) is 0 Å². The molecule has 0 amide bonds. The van der Waals surface area contributed by atoms with Gasteiger partial charge in [0.15, 0.2) is 0 Å². The molecule has 0 spiro atoms. The first-order valence-corrected chi connectivity index (χ1v) is 2.60. The molecule has 3 heteroatoms. The summed E-state index contributed by atoms with van der Waals surface area (Å²) >= 11 is 0. The standard InChI is InChI=1S/C5H13NO2/c1-5(2,7)3-4-8-6/h7H,3-4,6H2,1-2H3. The van der Waals surface area contributed by atoms with E-state index in [1.165, 1.54) is 0 Å². The Labute approximate surface area is 49.4 Å². The lowest BCUT2D eigenvalue weighted by Gasteiger charge is -2.14. The van der Waals surface area contributed by atoms with E-state index >= 15 is 0 Å². The molecule has 0 unspecified atom stereocenters. The summed E-state index contributed by atoms with van der Waals surface area (Å²) in [5, 5.41) is 9.01. The van der Waals surface area contributed by atoms with Gasteiger partial charge in [0.25, 0.3) is 0 Å². The van der Waals surface area contributed by atoms with Crippen molar-refractivity contribution in [2.75, 3.05) is 6.61 Å². The predicted molar refractivity (Wildman–Crippen MR) is 31.1 cm³/mol. The molecule has 3 N–H and O–H groups in total. The van der Waals surface area contributed by atoms with Gasteiger partial charge in [0.2, 0.25) is 0 Å². The average molecular weight is 119 g/mol. The molecule has 0 atom stereocenters. The third kappa shape index (κ3) is 5.88. The lowest BCUT2D eigenvalue weighted by atomic mass is 10.1. The van der Waals surface area contributed by atoms with Crippen LogP contribution in [-0.4, -0.2) is 17.3 Å². The number of hydrogen-bond acceptors (Lipinski definition) is 3. The van der Waals surface area contributed by atoms with Crippen molar-refractivity contribution in [3.05, 3.63) is 0 Å². The average Bonchev–Trinajstić information content (AvgIpc) is 1.59. The van der Waals surface area contributed by atoms with E-state index in [0.29, 0.717) is 13.0 Å². The smallest absolute Gasteiger partial charge is 0.0706 e. The van der Waals surface area contributed by atoms with E-state index in [9.17, 15) is 0 Å². The van der Waals surface area contributed by atoms with Crippen LogP contribution < -0.4 is 5.90 Å². The highest BCUT2D eigenvalue weighted by atomic mass is 16.6. The molecule has 0 aliphatic rings. The van der Waals surface area contributed by atoms with Crippen molar-refractivity contribution in [1.29, 1.82) is 0 Å². The lowest BCUT2D eigenvalue weighted by Crippen LogP contribution is -2.21. The Bertz CT molecular complexity index is 57.9. The van der Waals surface area contributed by atoms with E-state index in [0.717, 1.165) is 0 Å². The van der Waals surface area contributed by atoms with Crippen LogP contribution in [0, 0.1) is 0 Å². The fourth-order valence-electron chi connectivity index (χ4n) is 0.309. The van der Waals surface area contributed by atoms with Gasteiger partial charge in [0.05, 0.1) is 12.2 Å². The van der Waals surface area contributed by atoms with E-state index in [1.54, 1.807) is 13.8 Å². The molecular weight excluding hydrogens is 106 g/mol. The zero-order valence-corrected chi connectivity index (χ0v) is 5.35. The van der Waals surface area contributed by atoms with Crippen molar-refractivity contribution in [2.24, 2.45) is 5.90 Å². The Morgan fingerprint density at radius 2 is 2.12 bits per heavy atom. The van der Waals surface area contributed by atoms with Gasteiger partial charge in [-0.2, -0.15) is 0 Å². The second-order valence-corrected chi connectivity index (χ2v) is 2.43. The molecule has 0 aromatic rings. The first-order valence-electron chi connectivity index (χ1n) is 2.60. The van der Waals surface area contributed by atoms with Crippen LogP contribution in [0.2, 0.25) is 0 Å². The van der Waals surface area contributed by atoms with Crippen molar-refractivity contribution in [2.45, 2.75) is 25.9 Å². The summed E-state index contributed by atoms with van der Waals surface area (Å²) in [7, 11) is 0. The fourth-order valence-corrected chi connectivity index (χ4v) is 0.309. The highest BCUT2D eigenvalue weighted by Crippen LogP contribution is 2.05. The van der Waals surface area contributed by atoms with Crippen molar-refractivity contribution >= 4 is 0 Å². The maximum absolute atomic E-state index is 9.01. The van der Waals surface area contributed by atoms with Crippen LogP contribution in [0.25, 0.3) is 0 Å². The summed E-state index contributed by atoms with van der Waals surface area (Å²) in [5.41, 5.74) is -0.653. The zero-order valence-electron chi connectivity index (χ0n) is 5.35. The number of nitrogens with two attached hydrogens (primary N) is 1. The summed E-state index contributed by atoms with van der Waals surface area (Å²) in [6.45, 7) is 3.83. The van der Waals surface area contributed by atoms with Crippen molar-refractivity contribution < 1.29 is 9.94 Å². The molecule has 0 aliphatic heterocycles. The SMILES string of the molecule is CC(C)(O)CCON. The minimum absolute atomic E-state index is 0.406. The van der Waals surface area contributed by atoms with Gasteiger partial charge < -0.3 is 9.94 Å². The van der Waals surface area contributed by atoms with Gasteiger partial charge >= 0.3 is 0 Å². The topological polar surface area (TPSA) is 55.5 Å². The minimum Gasteiger partial charge on any atom is -0.390 e. The van der Waals surface area contributed by atoms with Crippen LogP contribution in [0.4, 0.5) is 0 Å². The lowest BCUT2D eigenvalue weighted by molar-refractivity contribution is 0.0281. The first-order chi connectivity index (χ1) is 3.56. The van der Waals surface area contributed by atoms with Gasteiger partial charge in [-0.15, -0.1) is 0 Å². The number of hydrogen-bond donors (Lipinski definition) is 2. The Balaban J connectivity index is 3.11. The van der Waals surface area contributed by atoms with Gasteiger partial charge in [-0.25, -0.2) is 5.90 Å². The van der Waals surface area contributed by atoms with Crippen LogP contribution >= 0.6 is 0 Å². The highest BCUT2D eigenvalue weighted by molar-refractivity contribution is 4.62. The molecular formula is C5H13NO2. The van der Waals surface area contributed by atoms with Crippen molar-refractivity contribution in [3.8, 4) is 0 Å². The van der Waals surface area contributed by atoms with E-state index in [2.05, 4.69) is 4.84 Å². The second-order valence-electron chi connectivity index (χ2n) is 2.43. The zero-order chi connectivity index (χ0) is 6.62. The molecule has 0 bridgehead atoms. The molecule has 0 saturated carbocycles. The third-order valence-electron chi connectivity index (χ3n) is 0.832. The summed E-state index contributed by atoms with van der Waals surface area (Å²) in [6.07, 6.45) is 0.573. The second kappa shape index (κ2) is 3.02. The molecule has 0 aromatic carbocycles. The third-order valence-corrected chi connectivity index (χ3v) is 0.832. The molecule has 3 nitrogen and oxygen atoms in total. The Morgan fingerprint density at radius 3 is 2.25 bits per heavy atom. The largest absolute Gasteiger partial charge is 0.390 e. The van der Waals surface area contributed by atoms with Crippen LogP contribution in [0.15, 0.2) is 0 Å². The Morgan fingerprint density at radius 1 is 1.62 bits per heavy atom. The van der Waals surface area contributed by atoms with E-state index in [1.807, 2.05) is 0 Å². The molecule has 50 valence electrons. The van der Waals surface area contributed by atoms with Gasteiger partial charge in [-0.3, -0.25) is 0 Å². The van der Waals surface area contributed by atoms with Gasteiger partial charge in [0, 0.05) is 6.42 Å². The number of aliphatic hydroxyl groups is 1. The summed E-state index contributed by atoms with van der Waals surface area (Å²) in [4.78, 5) is 4.26. The van der Waals surface area contributed by atoms with Gasteiger partial charge in [-0.1, -0.05) is 0 Å². The summed E-state index contributed by atoms with van der Waals surface area (Å²) in [5.74, 6) is 4.72. The molecule has 0 rings (SSSR count). The van der Waals surface area contributed by atoms with Crippen LogP contribution in [0.5, 0.6) is 0 Å². The van der Waals surface area contributed by atoms with Gasteiger partial charge in [-0.05, 0) is 13.8 Å². The summed E-state index contributed by atoms with van der Waals surface area (Å²) in [6, 6.07) is 0. The van der Waals surface area contributed by atoms with E-state index in [4.69, 9.17) is 11.0 Å². The monoisotopic (exact) mass is 119 g/mol. The molecule has 0 saturated heterocycles. The van der Waals surface area contributed by atoms with E-state index in [-0.39, 0.29) is 0 Å². The Hall–Kier alpha value is -0.120. The van der Waals surface area contributed by atoms with Crippen LogP contribution in [0.3, 0.4) is 0 Å². The predicted octanol–water partition coefficient (Wildman–Crippen LogP) is 0.0377. The molecule has 0 heterocycles. The Kier molecular flexibility index (Phi) is 2.97. The minimum atomic E-state index is -0.653. The molecule has 0 aromatic heterocycles. The maximum Gasteiger partial charge on any atom is 0.0706 e. The molecule has 0 aliphatic carbocycles. The van der Waals surface area contributed by atoms with Crippen molar-refractivity contribution in [3.63, 3.8) is 0 Å². The quantitative estimate of drug-likeness (QED) is 0.516. The number of rotatable bonds is 3.